The van der Waals surface area contributed by atoms with Gasteiger partial charge < -0.3 is 26.8 Å². The highest BCUT2D eigenvalue weighted by atomic mass is 16.3. The first-order valence-corrected chi connectivity index (χ1v) is 15.4. The number of rotatable bonds is 14. The van der Waals surface area contributed by atoms with Crippen LogP contribution in [-0.4, -0.2) is 35.1 Å². The van der Waals surface area contributed by atoms with Crippen LogP contribution >= 0.6 is 0 Å². The third kappa shape index (κ3) is 8.68. The van der Waals surface area contributed by atoms with Gasteiger partial charge in [0.05, 0.1) is 11.4 Å². The molecule has 0 saturated heterocycles. The Bertz CT molecular complexity index is 1610. The highest BCUT2D eigenvalue weighted by Crippen LogP contribution is 2.31. The number of pyridine rings is 2. The number of benzene rings is 3. The Hall–Kier alpha value is -4.80. The summed E-state index contributed by atoms with van der Waals surface area (Å²) in [5, 5.41) is 33.2. The Morgan fingerprint density at radius 3 is 1.35 bits per heavy atom. The van der Waals surface area contributed by atoms with E-state index in [1.54, 1.807) is 24.5 Å². The van der Waals surface area contributed by atoms with Crippen molar-refractivity contribution in [2.24, 2.45) is 11.5 Å². The minimum atomic E-state index is 0.191. The number of nitrogens with two attached hydrogens (primary N) is 2. The smallest absolute Gasteiger partial charge is 0.124 e. The van der Waals surface area contributed by atoms with E-state index < -0.39 is 0 Å². The number of aromatic nitrogens is 2. The highest BCUT2D eigenvalue weighted by Gasteiger charge is 2.19. The van der Waals surface area contributed by atoms with Gasteiger partial charge in [0.2, 0.25) is 0 Å². The van der Waals surface area contributed by atoms with Crippen molar-refractivity contribution >= 4 is 0 Å². The molecule has 0 unspecified atom stereocenters. The van der Waals surface area contributed by atoms with Gasteiger partial charge in [-0.25, -0.2) is 0 Å². The Balaban J connectivity index is 1.44. The first-order valence-electron chi connectivity index (χ1n) is 15.4. The summed E-state index contributed by atoms with van der Waals surface area (Å²) in [5.74, 6) is 0.597. The maximum absolute atomic E-state index is 11.7. The van der Waals surface area contributed by atoms with Crippen LogP contribution in [0.3, 0.4) is 0 Å². The van der Waals surface area contributed by atoms with Gasteiger partial charge in [-0.2, -0.15) is 0 Å². The lowest BCUT2D eigenvalue weighted by atomic mass is 10.0. The molecule has 0 bridgehead atoms. The van der Waals surface area contributed by atoms with E-state index in [1.165, 1.54) is 0 Å². The van der Waals surface area contributed by atoms with Crippen molar-refractivity contribution in [3.05, 3.63) is 148 Å². The van der Waals surface area contributed by atoms with Gasteiger partial charge in [0, 0.05) is 87.0 Å². The van der Waals surface area contributed by atoms with E-state index in [9.17, 15) is 15.3 Å². The summed E-state index contributed by atoms with van der Waals surface area (Å²) in [5.41, 5.74) is 19.1. The summed E-state index contributed by atoms with van der Waals surface area (Å²) in [7, 11) is 0. The molecular formula is C37H42N6O3. The number of hydrogen-bond donors (Lipinski definition) is 5. The maximum Gasteiger partial charge on any atom is 0.124 e. The fourth-order valence-electron chi connectivity index (χ4n) is 5.66. The quantitative estimate of drug-likeness (QED) is 0.113. The molecule has 46 heavy (non-hydrogen) atoms. The minimum absolute atomic E-state index is 0.191. The van der Waals surface area contributed by atoms with Gasteiger partial charge >= 0.3 is 0 Å². The molecule has 0 spiro atoms. The van der Waals surface area contributed by atoms with E-state index in [2.05, 4.69) is 19.8 Å². The van der Waals surface area contributed by atoms with Crippen LogP contribution in [0, 0.1) is 6.92 Å². The van der Waals surface area contributed by atoms with Crippen molar-refractivity contribution in [2.45, 2.75) is 59.3 Å². The molecule has 9 nitrogen and oxygen atoms in total. The number of aromatic hydroxyl groups is 3. The second kappa shape index (κ2) is 15.5. The van der Waals surface area contributed by atoms with Gasteiger partial charge in [0.15, 0.2) is 0 Å². The van der Waals surface area contributed by atoms with Crippen LogP contribution in [0.1, 0.15) is 50.3 Å². The zero-order valence-corrected chi connectivity index (χ0v) is 26.2. The van der Waals surface area contributed by atoms with Crippen molar-refractivity contribution in [1.29, 1.82) is 0 Å². The Morgan fingerprint density at radius 1 is 0.543 bits per heavy atom. The van der Waals surface area contributed by atoms with Crippen molar-refractivity contribution in [1.82, 2.24) is 19.8 Å². The molecule has 0 fully saturated rings. The van der Waals surface area contributed by atoms with Crippen LogP contribution in [0.5, 0.6) is 17.2 Å². The molecule has 0 aliphatic carbocycles. The standard InChI is InChI=1S/C37H42N6O3/c1-26-14-31(22-42(24-33-6-2-4-12-40-33)20-29-10-8-27(18-38)16-35(29)44)37(46)32(15-26)23-43(25-34-7-3-5-13-41-34)21-30-11-9-28(19-39)17-36(30)45/h2-17,44-46H,18-25,38-39H2,1H3. The second-order valence-electron chi connectivity index (χ2n) is 11.7. The first-order chi connectivity index (χ1) is 22.3. The average Bonchev–Trinajstić information content (AvgIpc) is 3.06. The van der Waals surface area contributed by atoms with Crippen molar-refractivity contribution < 1.29 is 15.3 Å². The van der Waals surface area contributed by atoms with Gasteiger partial charge in [0.1, 0.15) is 17.2 Å². The molecule has 238 valence electrons. The average molecular weight is 619 g/mol. The predicted octanol–water partition coefficient (Wildman–Crippen LogP) is 5.22. The Kier molecular flexibility index (Phi) is 11.0. The lowest BCUT2D eigenvalue weighted by Crippen LogP contribution is -2.25. The molecular weight excluding hydrogens is 576 g/mol. The van der Waals surface area contributed by atoms with Crippen LogP contribution in [-0.2, 0) is 52.4 Å². The fourth-order valence-corrected chi connectivity index (χ4v) is 5.66. The van der Waals surface area contributed by atoms with Crippen LogP contribution < -0.4 is 11.5 Å². The third-order valence-electron chi connectivity index (χ3n) is 7.98. The molecule has 5 aromatic rings. The normalized spacial score (nSPS) is 11.4. The molecule has 2 heterocycles. The molecule has 0 atom stereocenters. The van der Waals surface area contributed by atoms with Crippen LogP contribution in [0.2, 0.25) is 0 Å². The predicted molar refractivity (Wildman–Crippen MR) is 179 cm³/mol. The van der Waals surface area contributed by atoms with Gasteiger partial charge in [0.25, 0.3) is 0 Å². The highest BCUT2D eigenvalue weighted by molar-refractivity contribution is 5.44. The van der Waals surface area contributed by atoms with Crippen molar-refractivity contribution in [3.63, 3.8) is 0 Å². The van der Waals surface area contributed by atoms with Crippen molar-refractivity contribution in [3.8, 4) is 17.2 Å². The van der Waals surface area contributed by atoms with Crippen LogP contribution in [0.15, 0.2) is 97.3 Å². The Labute approximate surface area is 270 Å². The zero-order chi connectivity index (χ0) is 32.5. The molecule has 3 aromatic carbocycles. The first kappa shape index (κ1) is 32.6. The molecule has 7 N–H and O–H groups in total. The molecule has 0 saturated carbocycles. The molecule has 9 heteroatoms. The molecule has 0 aliphatic rings. The summed E-state index contributed by atoms with van der Waals surface area (Å²) >= 11 is 0. The zero-order valence-electron chi connectivity index (χ0n) is 26.2. The second-order valence-corrected chi connectivity index (χ2v) is 11.7. The SMILES string of the molecule is Cc1cc(CN(Cc2ccccn2)Cc2ccc(CN)cc2O)c(O)c(CN(Cc2ccccn2)Cc2ccc(CN)cc2O)c1. The largest absolute Gasteiger partial charge is 0.508 e. The monoisotopic (exact) mass is 618 g/mol. The van der Waals surface area contributed by atoms with Gasteiger partial charge in [-0.1, -0.05) is 54.1 Å². The van der Waals surface area contributed by atoms with E-state index in [0.29, 0.717) is 52.4 Å². The lowest BCUT2D eigenvalue weighted by molar-refractivity contribution is 0.231. The number of phenolic OH excluding ortho intramolecular Hbond substituents is 3. The van der Waals surface area contributed by atoms with Crippen LogP contribution in [0.25, 0.3) is 0 Å². The molecule has 2 aromatic heterocycles. The summed E-state index contributed by atoms with van der Waals surface area (Å²) in [6.07, 6.45) is 3.53. The van der Waals surface area contributed by atoms with Gasteiger partial charge in [-0.05, 0) is 54.4 Å². The maximum atomic E-state index is 11.7. The van der Waals surface area contributed by atoms with Crippen LogP contribution in [0.4, 0.5) is 0 Å². The van der Waals surface area contributed by atoms with Crippen molar-refractivity contribution in [2.75, 3.05) is 0 Å². The molecule has 5 rings (SSSR count). The Morgan fingerprint density at radius 2 is 0.978 bits per heavy atom. The number of hydrogen-bond acceptors (Lipinski definition) is 9. The minimum Gasteiger partial charge on any atom is -0.508 e. The van der Waals surface area contributed by atoms with Gasteiger partial charge in [-0.15, -0.1) is 0 Å². The van der Waals surface area contributed by atoms with E-state index in [-0.39, 0.29) is 17.2 Å². The third-order valence-corrected chi connectivity index (χ3v) is 7.98. The van der Waals surface area contributed by atoms with E-state index in [4.69, 9.17) is 11.5 Å². The number of aryl methyl sites for hydroxylation is 1. The molecule has 0 amide bonds. The summed E-state index contributed by atoms with van der Waals surface area (Å²) in [4.78, 5) is 13.4. The summed E-state index contributed by atoms with van der Waals surface area (Å²) in [6, 6.07) is 26.7. The van der Waals surface area contributed by atoms with E-state index in [0.717, 1.165) is 50.3 Å². The fraction of sp³-hybridized carbons (Fsp3) is 0.243. The molecule has 0 radical (unpaired) electrons. The van der Waals surface area contributed by atoms with E-state index in [1.807, 2.05) is 79.7 Å². The topological polar surface area (TPSA) is 145 Å². The van der Waals surface area contributed by atoms with Gasteiger partial charge in [-0.3, -0.25) is 19.8 Å². The number of nitrogens with zero attached hydrogens (tertiary/aromatic N) is 4. The molecule has 0 aliphatic heterocycles. The lowest BCUT2D eigenvalue weighted by Gasteiger charge is -2.26. The number of phenols is 3. The summed E-state index contributed by atoms with van der Waals surface area (Å²) in [6.45, 7) is 5.50. The van der Waals surface area contributed by atoms with E-state index >= 15 is 0 Å². The summed E-state index contributed by atoms with van der Waals surface area (Å²) < 4.78 is 0.